The molecule has 1 aromatic rings. The minimum Gasteiger partial charge on any atom is -0.325 e. The Balaban J connectivity index is 2.17. The highest BCUT2D eigenvalue weighted by Crippen LogP contribution is 2.41. The van der Waals surface area contributed by atoms with Gasteiger partial charge in [0.05, 0.1) is 11.7 Å². The van der Waals surface area contributed by atoms with Crippen LogP contribution in [0.4, 0.5) is 8.78 Å². The molecule has 1 aromatic heterocycles. The van der Waals surface area contributed by atoms with Crippen LogP contribution in [-0.2, 0) is 6.54 Å². The number of hydrogen-bond acceptors (Lipinski definition) is 2. The first-order chi connectivity index (χ1) is 6.62. The molecular formula is C9H13F2N3. The van der Waals surface area contributed by atoms with Crippen molar-refractivity contribution in [2.24, 2.45) is 5.73 Å². The summed E-state index contributed by atoms with van der Waals surface area (Å²) >= 11 is 0. The molecule has 0 aliphatic heterocycles. The molecule has 14 heavy (non-hydrogen) atoms. The predicted molar refractivity (Wildman–Crippen MR) is 48.0 cm³/mol. The maximum Gasteiger partial charge on any atom is 0.250 e. The zero-order valence-electron chi connectivity index (χ0n) is 7.79. The van der Waals surface area contributed by atoms with Crippen LogP contribution in [0.3, 0.4) is 0 Å². The summed E-state index contributed by atoms with van der Waals surface area (Å²) in [6, 6.07) is 1.59. The van der Waals surface area contributed by atoms with E-state index in [-0.39, 0.29) is 18.9 Å². The van der Waals surface area contributed by atoms with Gasteiger partial charge in [-0.15, -0.1) is 0 Å². The SMILES string of the molecule is NCc1ccnn1C1CCC(F)(F)C1. The van der Waals surface area contributed by atoms with Gasteiger partial charge in [0.2, 0.25) is 5.92 Å². The van der Waals surface area contributed by atoms with Gasteiger partial charge in [-0.2, -0.15) is 5.10 Å². The molecule has 78 valence electrons. The van der Waals surface area contributed by atoms with E-state index in [1.807, 2.05) is 0 Å². The minimum atomic E-state index is -2.53. The normalized spacial score (nSPS) is 25.5. The van der Waals surface area contributed by atoms with E-state index >= 15 is 0 Å². The maximum absolute atomic E-state index is 12.9. The second-order valence-corrected chi connectivity index (χ2v) is 3.72. The topological polar surface area (TPSA) is 43.8 Å². The Labute approximate surface area is 80.9 Å². The van der Waals surface area contributed by atoms with Crippen LogP contribution < -0.4 is 5.73 Å². The third kappa shape index (κ3) is 1.64. The standard InChI is InChI=1S/C9H13F2N3/c10-9(11)3-1-7(5-9)14-8(6-12)2-4-13-14/h2,4,7H,1,3,5-6,12H2. The fourth-order valence-electron chi connectivity index (χ4n) is 1.97. The number of alkyl halides is 2. The van der Waals surface area contributed by atoms with E-state index < -0.39 is 5.92 Å². The summed E-state index contributed by atoms with van der Waals surface area (Å²) in [6.45, 7) is 0.349. The fourth-order valence-corrected chi connectivity index (χ4v) is 1.97. The number of nitrogens with zero attached hydrogens (tertiary/aromatic N) is 2. The summed E-state index contributed by atoms with van der Waals surface area (Å²) in [6.07, 6.45) is 1.95. The van der Waals surface area contributed by atoms with E-state index in [1.165, 1.54) is 0 Å². The van der Waals surface area contributed by atoms with Crippen LogP contribution in [0.25, 0.3) is 0 Å². The lowest BCUT2D eigenvalue weighted by atomic mass is 10.2. The smallest absolute Gasteiger partial charge is 0.250 e. The highest BCUT2D eigenvalue weighted by atomic mass is 19.3. The Morgan fingerprint density at radius 3 is 3.00 bits per heavy atom. The van der Waals surface area contributed by atoms with Crippen LogP contribution in [0.2, 0.25) is 0 Å². The number of nitrogens with two attached hydrogens (primary N) is 1. The highest BCUT2D eigenvalue weighted by molar-refractivity contribution is 5.02. The van der Waals surface area contributed by atoms with Gasteiger partial charge in [-0.25, -0.2) is 8.78 Å². The van der Waals surface area contributed by atoms with Gasteiger partial charge in [-0.1, -0.05) is 0 Å². The first-order valence-electron chi connectivity index (χ1n) is 4.73. The maximum atomic E-state index is 12.9. The molecule has 1 fully saturated rings. The minimum absolute atomic E-state index is 0.0401. The van der Waals surface area contributed by atoms with Crippen LogP contribution in [-0.4, -0.2) is 15.7 Å². The molecule has 0 bridgehead atoms. The molecule has 0 spiro atoms. The first kappa shape index (κ1) is 9.58. The molecule has 1 saturated carbocycles. The molecule has 1 unspecified atom stereocenters. The third-order valence-electron chi connectivity index (χ3n) is 2.68. The first-order valence-corrected chi connectivity index (χ1v) is 4.73. The van der Waals surface area contributed by atoms with E-state index in [2.05, 4.69) is 5.10 Å². The Kier molecular flexibility index (Phi) is 2.26. The Morgan fingerprint density at radius 2 is 2.43 bits per heavy atom. The Morgan fingerprint density at radius 1 is 1.64 bits per heavy atom. The summed E-state index contributed by atoms with van der Waals surface area (Å²) in [5.41, 5.74) is 6.31. The van der Waals surface area contributed by atoms with Gasteiger partial charge in [0.1, 0.15) is 0 Å². The van der Waals surface area contributed by atoms with Crippen molar-refractivity contribution in [1.29, 1.82) is 0 Å². The number of rotatable bonds is 2. The Bertz CT molecular complexity index is 322. The summed E-state index contributed by atoms with van der Waals surface area (Å²) in [7, 11) is 0. The average molecular weight is 201 g/mol. The van der Waals surface area contributed by atoms with E-state index in [0.717, 1.165) is 5.69 Å². The molecule has 1 heterocycles. The lowest BCUT2D eigenvalue weighted by Gasteiger charge is -2.13. The molecule has 5 heteroatoms. The van der Waals surface area contributed by atoms with Crippen LogP contribution in [0.5, 0.6) is 0 Å². The van der Waals surface area contributed by atoms with Gasteiger partial charge in [0, 0.05) is 25.6 Å². The van der Waals surface area contributed by atoms with Gasteiger partial charge in [0.25, 0.3) is 0 Å². The van der Waals surface area contributed by atoms with E-state index in [0.29, 0.717) is 13.0 Å². The molecule has 1 aliphatic rings. The monoisotopic (exact) mass is 201 g/mol. The molecule has 0 amide bonds. The third-order valence-corrected chi connectivity index (χ3v) is 2.68. The van der Waals surface area contributed by atoms with Gasteiger partial charge >= 0.3 is 0 Å². The summed E-state index contributed by atoms with van der Waals surface area (Å²) in [5.74, 6) is -2.53. The van der Waals surface area contributed by atoms with Gasteiger partial charge in [-0.3, -0.25) is 4.68 Å². The summed E-state index contributed by atoms with van der Waals surface area (Å²) in [4.78, 5) is 0. The predicted octanol–water partition coefficient (Wildman–Crippen LogP) is 1.70. The van der Waals surface area contributed by atoms with Crippen molar-refractivity contribution in [1.82, 2.24) is 9.78 Å². The molecule has 0 radical (unpaired) electrons. The fraction of sp³-hybridized carbons (Fsp3) is 0.667. The molecule has 3 nitrogen and oxygen atoms in total. The van der Waals surface area contributed by atoms with Gasteiger partial charge < -0.3 is 5.73 Å². The lowest BCUT2D eigenvalue weighted by molar-refractivity contribution is 0.00509. The van der Waals surface area contributed by atoms with Crippen molar-refractivity contribution < 1.29 is 8.78 Å². The van der Waals surface area contributed by atoms with Crippen LogP contribution in [0.15, 0.2) is 12.3 Å². The lowest BCUT2D eigenvalue weighted by Crippen LogP contribution is -2.16. The Hall–Kier alpha value is -0.970. The molecule has 0 aromatic carbocycles. The van der Waals surface area contributed by atoms with E-state index in [9.17, 15) is 8.78 Å². The number of hydrogen-bond donors (Lipinski definition) is 1. The average Bonchev–Trinajstić information content (AvgIpc) is 2.70. The zero-order valence-corrected chi connectivity index (χ0v) is 7.79. The van der Waals surface area contributed by atoms with Crippen molar-refractivity contribution >= 4 is 0 Å². The van der Waals surface area contributed by atoms with Gasteiger partial charge in [0.15, 0.2) is 0 Å². The van der Waals surface area contributed by atoms with Crippen molar-refractivity contribution in [3.63, 3.8) is 0 Å². The van der Waals surface area contributed by atoms with E-state index in [4.69, 9.17) is 5.73 Å². The molecule has 1 atom stereocenters. The largest absolute Gasteiger partial charge is 0.325 e. The number of aromatic nitrogens is 2. The van der Waals surface area contributed by atoms with Crippen molar-refractivity contribution in [2.45, 2.75) is 37.8 Å². The van der Waals surface area contributed by atoms with Crippen LogP contribution >= 0.6 is 0 Å². The molecule has 0 saturated heterocycles. The highest BCUT2D eigenvalue weighted by Gasteiger charge is 2.40. The molecule has 2 N–H and O–H groups in total. The quantitative estimate of drug-likeness (QED) is 0.791. The molecular weight excluding hydrogens is 188 g/mol. The zero-order chi connectivity index (χ0) is 10.2. The summed E-state index contributed by atoms with van der Waals surface area (Å²) in [5, 5.41) is 4.04. The second kappa shape index (κ2) is 3.31. The van der Waals surface area contributed by atoms with Crippen LogP contribution in [0, 0.1) is 0 Å². The molecule has 2 rings (SSSR count). The van der Waals surface area contributed by atoms with Crippen molar-refractivity contribution in [3.05, 3.63) is 18.0 Å². The number of halogens is 2. The van der Waals surface area contributed by atoms with E-state index in [1.54, 1.807) is 16.9 Å². The summed E-state index contributed by atoms with van der Waals surface area (Å²) < 4.78 is 27.5. The van der Waals surface area contributed by atoms with Crippen molar-refractivity contribution in [3.8, 4) is 0 Å². The van der Waals surface area contributed by atoms with Gasteiger partial charge in [-0.05, 0) is 12.5 Å². The van der Waals surface area contributed by atoms with Crippen LogP contribution in [0.1, 0.15) is 31.0 Å². The second-order valence-electron chi connectivity index (χ2n) is 3.72. The molecule has 1 aliphatic carbocycles. The van der Waals surface area contributed by atoms with Crippen molar-refractivity contribution in [2.75, 3.05) is 0 Å².